The van der Waals surface area contributed by atoms with Crippen molar-refractivity contribution in [2.24, 2.45) is 5.16 Å². The molecule has 0 aliphatic carbocycles. The van der Waals surface area contributed by atoms with Crippen molar-refractivity contribution in [1.29, 1.82) is 0 Å². The van der Waals surface area contributed by atoms with E-state index in [9.17, 15) is 5.21 Å². The van der Waals surface area contributed by atoms with Crippen LogP contribution in [0.3, 0.4) is 0 Å². The summed E-state index contributed by atoms with van der Waals surface area (Å²) in [5, 5.41) is 12.6. The SMILES string of the molecule is COc1cccc(Oc2ccc(/C(=N/O)n3ccnc3C)cn2)c1. The van der Waals surface area contributed by atoms with Crippen molar-refractivity contribution in [2.75, 3.05) is 7.11 Å². The van der Waals surface area contributed by atoms with Crippen LogP contribution in [0, 0.1) is 6.92 Å². The zero-order valence-corrected chi connectivity index (χ0v) is 13.2. The average molecular weight is 324 g/mol. The van der Waals surface area contributed by atoms with E-state index >= 15 is 0 Å². The maximum Gasteiger partial charge on any atom is 0.219 e. The highest BCUT2D eigenvalue weighted by molar-refractivity contribution is 6.00. The second kappa shape index (κ2) is 6.82. The zero-order chi connectivity index (χ0) is 16.9. The molecular weight excluding hydrogens is 308 g/mol. The van der Waals surface area contributed by atoms with E-state index in [1.165, 1.54) is 0 Å². The Kier molecular flexibility index (Phi) is 4.42. The van der Waals surface area contributed by atoms with Gasteiger partial charge in [-0.15, -0.1) is 0 Å². The van der Waals surface area contributed by atoms with E-state index in [0.29, 0.717) is 34.6 Å². The predicted octanol–water partition coefficient (Wildman–Crippen LogP) is 3.07. The van der Waals surface area contributed by atoms with Crippen LogP contribution in [0.15, 0.2) is 60.1 Å². The third-order valence-electron chi connectivity index (χ3n) is 3.41. The van der Waals surface area contributed by atoms with Crippen LogP contribution in [0.1, 0.15) is 11.4 Å². The minimum Gasteiger partial charge on any atom is -0.497 e. The number of aromatic nitrogens is 3. The lowest BCUT2D eigenvalue weighted by atomic mass is 10.2. The molecule has 2 aromatic heterocycles. The van der Waals surface area contributed by atoms with Gasteiger partial charge in [-0.1, -0.05) is 11.2 Å². The highest BCUT2D eigenvalue weighted by Crippen LogP contribution is 2.24. The van der Waals surface area contributed by atoms with Gasteiger partial charge in [0, 0.05) is 36.3 Å². The lowest BCUT2D eigenvalue weighted by Crippen LogP contribution is -2.14. The molecule has 7 heteroatoms. The second-order valence-corrected chi connectivity index (χ2v) is 4.93. The van der Waals surface area contributed by atoms with Crippen LogP contribution in [0.25, 0.3) is 0 Å². The summed E-state index contributed by atoms with van der Waals surface area (Å²) < 4.78 is 12.5. The van der Waals surface area contributed by atoms with E-state index in [0.717, 1.165) is 0 Å². The average Bonchev–Trinajstić information content (AvgIpc) is 3.03. The Morgan fingerprint density at radius 2 is 2.00 bits per heavy atom. The normalized spacial score (nSPS) is 11.3. The Hall–Kier alpha value is -3.35. The summed E-state index contributed by atoms with van der Waals surface area (Å²) in [4.78, 5) is 8.36. The first-order chi connectivity index (χ1) is 11.7. The fourth-order valence-electron chi connectivity index (χ4n) is 2.21. The predicted molar refractivity (Wildman–Crippen MR) is 88.0 cm³/mol. The molecule has 0 saturated heterocycles. The summed E-state index contributed by atoms with van der Waals surface area (Å²) in [7, 11) is 1.60. The lowest BCUT2D eigenvalue weighted by Gasteiger charge is -2.09. The fraction of sp³-hybridized carbons (Fsp3) is 0.118. The molecule has 0 amide bonds. The Bertz CT molecular complexity index is 856. The van der Waals surface area contributed by atoms with E-state index in [-0.39, 0.29) is 0 Å². The Balaban J connectivity index is 1.81. The first kappa shape index (κ1) is 15.5. The fourth-order valence-corrected chi connectivity index (χ4v) is 2.21. The molecular formula is C17H16N4O3. The molecule has 0 bridgehead atoms. The van der Waals surface area contributed by atoms with E-state index in [1.54, 1.807) is 48.5 Å². The number of benzene rings is 1. The molecule has 0 spiro atoms. The van der Waals surface area contributed by atoms with Crippen LogP contribution in [0.5, 0.6) is 17.4 Å². The summed E-state index contributed by atoms with van der Waals surface area (Å²) in [6, 6.07) is 10.7. The Labute approximate surface area is 138 Å². The first-order valence-corrected chi connectivity index (χ1v) is 7.22. The molecule has 0 saturated carbocycles. The summed E-state index contributed by atoms with van der Waals surface area (Å²) in [6.07, 6.45) is 4.92. The van der Waals surface area contributed by atoms with Crippen LogP contribution >= 0.6 is 0 Å². The number of methoxy groups -OCH3 is 1. The number of rotatable bonds is 4. The molecule has 0 unspecified atom stereocenters. The number of pyridine rings is 1. The quantitative estimate of drug-likeness (QED) is 0.345. The number of nitrogens with zero attached hydrogens (tertiary/aromatic N) is 4. The minimum atomic E-state index is 0.338. The van der Waals surface area contributed by atoms with Crippen molar-refractivity contribution < 1.29 is 14.7 Å². The van der Waals surface area contributed by atoms with Gasteiger partial charge in [-0.25, -0.2) is 9.97 Å². The standard InChI is InChI=1S/C17H16N4O3/c1-12-18-8-9-21(12)17(20-22)13-6-7-16(19-11-13)24-15-5-3-4-14(10-15)23-2/h3-11,22H,1-2H3/b20-17-. The monoisotopic (exact) mass is 324 g/mol. The number of hydrogen-bond acceptors (Lipinski definition) is 6. The first-order valence-electron chi connectivity index (χ1n) is 7.22. The van der Waals surface area contributed by atoms with Crippen molar-refractivity contribution in [3.63, 3.8) is 0 Å². The molecule has 1 aromatic carbocycles. The van der Waals surface area contributed by atoms with Gasteiger partial charge in [-0.05, 0) is 25.1 Å². The van der Waals surface area contributed by atoms with Crippen LogP contribution in [-0.2, 0) is 0 Å². The smallest absolute Gasteiger partial charge is 0.219 e. The van der Waals surface area contributed by atoms with Crippen LogP contribution in [0.4, 0.5) is 0 Å². The molecule has 2 heterocycles. The third kappa shape index (κ3) is 3.19. The molecule has 0 fully saturated rings. The van der Waals surface area contributed by atoms with Gasteiger partial charge in [0.2, 0.25) is 5.88 Å². The lowest BCUT2D eigenvalue weighted by molar-refractivity contribution is 0.317. The van der Waals surface area contributed by atoms with E-state index < -0.39 is 0 Å². The molecule has 0 aliphatic rings. The topological polar surface area (TPSA) is 81.8 Å². The zero-order valence-electron chi connectivity index (χ0n) is 13.2. The number of oxime groups is 1. The highest BCUT2D eigenvalue weighted by atomic mass is 16.5. The molecule has 0 radical (unpaired) electrons. The molecule has 24 heavy (non-hydrogen) atoms. The van der Waals surface area contributed by atoms with Gasteiger partial charge < -0.3 is 14.7 Å². The van der Waals surface area contributed by atoms with Crippen LogP contribution < -0.4 is 9.47 Å². The summed E-state index contributed by atoms with van der Waals surface area (Å²) in [6.45, 7) is 1.82. The van der Waals surface area contributed by atoms with Crippen molar-refractivity contribution in [3.05, 3.63) is 66.4 Å². The summed E-state index contributed by atoms with van der Waals surface area (Å²) in [5.41, 5.74) is 0.636. The van der Waals surface area contributed by atoms with Crippen LogP contribution in [0.2, 0.25) is 0 Å². The highest BCUT2D eigenvalue weighted by Gasteiger charge is 2.10. The molecule has 122 valence electrons. The number of hydrogen-bond donors (Lipinski definition) is 1. The van der Waals surface area contributed by atoms with E-state index in [4.69, 9.17) is 9.47 Å². The summed E-state index contributed by atoms with van der Waals surface area (Å²) >= 11 is 0. The van der Waals surface area contributed by atoms with Gasteiger partial charge in [0.05, 0.1) is 7.11 Å². The molecule has 7 nitrogen and oxygen atoms in total. The molecule has 3 aromatic rings. The van der Waals surface area contributed by atoms with Crippen molar-refractivity contribution in [2.45, 2.75) is 6.92 Å². The Morgan fingerprint density at radius 3 is 2.62 bits per heavy atom. The van der Waals surface area contributed by atoms with Gasteiger partial charge in [0.25, 0.3) is 0 Å². The molecule has 3 rings (SSSR count). The van der Waals surface area contributed by atoms with E-state index in [2.05, 4.69) is 15.1 Å². The summed E-state index contributed by atoms with van der Waals surface area (Å²) in [5.74, 6) is 2.79. The van der Waals surface area contributed by atoms with Gasteiger partial charge in [0.15, 0.2) is 5.84 Å². The van der Waals surface area contributed by atoms with E-state index in [1.807, 2.05) is 25.1 Å². The van der Waals surface area contributed by atoms with Gasteiger partial charge >= 0.3 is 0 Å². The molecule has 0 aliphatic heterocycles. The van der Waals surface area contributed by atoms with Crippen LogP contribution in [-0.4, -0.2) is 32.7 Å². The van der Waals surface area contributed by atoms with Crippen molar-refractivity contribution in [1.82, 2.24) is 14.5 Å². The number of ether oxygens (including phenoxy) is 2. The van der Waals surface area contributed by atoms with Crippen molar-refractivity contribution >= 4 is 5.84 Å². The second-order valence-electron chi connectivity index (χ2n) is 4.93. The number of aryl methyl sites for hydroxylation is 1. The van der Waals surface area contributed by atoms with Gasteiger partial charge in [0.1, 0.15) is 17.3 Å². The van der Waals surface area contributed by atoms with Gasteiger partial charge in [-0.3, -0.25) is 4.57 Å². The minimum absolute atomic E-state index is 0.338. The Morgan fingerprint density at radius 1 is 1.17 bits per heavy atom. The van der Waals surface area contributed by atoms with Crippen molar-refractivity contribution in [3.8, 4) is 17.4 Å². The maximum absolute atomic E-state index is 9.30. The largest absolute Gasteiger partial charge is 0.497 e. The maximum atomic E-state index is 9.30. The molecule has 0 atom stereocenters. The molecule has 1 N–H and O–H groups in total. The number of imidazole rings is 1. The van der Waals surface area contributed by atoms with Gasteiger partial charge in [-0.2, -0.15) is 0 Å². The third-order valence-corrected chi connectivity index (χ3v) is 3.41.